The third kappa shape index (κ3) is 8.40. The number of methoxy groups -OCH3 is 1. The minimum Gasteiger partial charge on any atom is -0.460 e. The number of rotatable bonds is 6. The van der Waals surface area contributed by atoms with Gasteiger partial charge in [-0.05, 0) is 20.8 Å². The minimum atomic E-state index is -0.593. The van der Waals surface area contributed by atoms with E-state index in [0.717, 1.165) is 0 Å². The minimum absolute atomic E-state index is 0.0588. The lowest BCUT2D eigenvalue weighted by atomic mass is 10.1. The lowest BCUT2D eigenvalue weighted by Crippen LogP contribution is -2.26. The highest BCUT2D eigenvalue weighted by Gasteiger charge is 2.20. The molecule has 0 fully saturated rings. The number of nitriles is 1. The molecule has 0 aliphatic carbocycles. The van der Waals surface area contributed by atoms with E-state index in [4.69, 9.17) is 14.7 Å². The fourth-order valence-electron chi connectivity index (χ4n) is 1.21. The van der Waals surface area contributed by atoms with Crippen molar-refractivity contribution in [2.75, 3.05) is 7.11 Å². The van der Waals surface area contributed by atoms with Crippen molar-refractivity contribution < 1.29 is 19.1 Å². The Morgan fingerprint density at radius 2 is 1.94 bits per heavy atom. The molecule has 1 atom stereocenters. The summed E-state index contributed by atoms with van der Waals surface area (Å²) in [6.45, 7) is 5.22. The van der Waals surface area contributed by atoms with E-state index in [1.807, 2.05) is 6.07 Å². The van der Waals surface area contributed by atoms with Gasteiger partial charge in [0.05, 0.1) is 18.6 Å². The second-order valence-corrected chi connectivity index (χ2v) is 4.73. The van der Waals surface area contributed by atoms with Gasteiger partial charge in [-0.3, -0.25) is 9.59 Å². The first-order valence-corrected chi connectivity index (χ1v) is 5.41. The zero-order valence-electron chi connectivity index (χ0n) is 10.8. The van der Waals surface area contributed by atoms with Crippen molar-refractivity contribution in [3.05, 3.63) is 0 Å². The summed E-state index contributed by atoms with van der Waals surface area (Å²) in [7, 11) is 1.43. The van der Waals surface area contributed by atoms with Crippen molar-refractivity contribution in [2.45, 2.75) is 51.7 Å². The van der Waals surface area contributed by atoms with Gasteiger partial charge >= 0.3 is 5.97 Å². The molecule has 0 aliphatic rings. The normalized spacial score (nSPS) is 12.6. The quantitative estimate of drug-likeness (QED) is 0.521. The molecule has 17 heavy (non-hydrogen) atoms. The van der Waals surface area contributed by atoms with Gasteiger partial charge in [0.2, 0.25) is 0 Å². The van der Waals surface area contributed by atoms with Crippen molar-refractivity contribution in [2.24, 2.45) is 0 Å². The predicted molar refractivity (Wildman–Crippen MR) is 61.1 cm³/mol. The van der Waals surface area contributed by atoms with Crippen LogP contribution in [-0.4, -0.2) is 30.6 Å². The molecule has 5 nitrogen and oxygen atoms in total. The van der Waals surface area contributed by atoms with Crippen LogP contribution in [0.1, 0.15) is 40.0 Å². The van der Waals surface area contributed by atoms with Gasteiger partial charge in [0.1, 0.15) is 17.8 Å². The van der Waals surface area contributed by atoms with Gasteiger partial charge in [0, 0.05) is 13.5 Å². The van der Waals surface area contributed by atoms with Crippen LogP contribution in [0.4, 0.5) is 0 Å². The second-order valence-electron chi connectivity index (χ2n) is 4.73. The maximum Gasteiger partial charge on any atom is 0.313 e. The van der Waals surface area contributed by atoms with E-state index in [9.17, 15) is 9.59 Å². The van der Waals surface area contributed by atoms with Crippen LogP contribution < -0.4 is 0 Å². The van der Waals surface area contributed by atoms with Crippen LogP contribution in [0.25, 0.3) is 0 Å². The number of nitrogens with zero attached hydrogens (tertiary/aromatic N) is 1. The summed E-state index contributed by atoms with van der Waals surface area (Å²) in [6, 6.07) is 1.92. The van der Waals surface area contributed by atoms with Crippen molar-refractivity contribution in [3.8, 4) is 6.07 Å². The number of hydrogen-bond donors (Lipinski definition) is 0. The molecule has 0 radical (unpaired) electrons. The average molecular weight is 241 g/mol. The van der Waals surface area contributed by atoms with Gasteiger partial charge in [0.25, 0.3) is 0 Å². The first kappa shape index (κ1) is 15.6. The Bertz CT molecular complexity index is 311. The van der Waals surface area contributed by atoms with Gasteiger partial charge in [-0.2, -0.15) is 5.26 Å². The Morgan fingerprint density at radius 1 is 1.35 bits per heavy atom. The van der Waals surface area contributed by atoms with Crippen molar-refractivity contribution in [1.29, 1.82) is 5.26 Å². The summed E-state index contributed by atoms with van der Waals surface area (Å²) in [5.74, 6) is -0.823. The highest BCUT2D eigenvalue weighted by molar-refractivity contribution is 5.95. The van der Waals surface area contributed by atoms with Crippen molar-refractivity contribution >= 4 is 11.8 Å². The standard InChI is InChI=1S/C12H19NO4/c1-12(2,3)17-11(15)8-9(14)7-10(16-4)5-6-13/h10H,5,7-8H2,1-4H3. The largest absolute Gasteiger partial charge is 0.460 e. The average Bonchev–Trinajstić information content (AvgIpc) is 2.13. The molecule has 0 saturated carbocycles. The zero-order valence-corrected chi connectivity index (χ0v) is 10.8. The highest BCUT2D eigenvalue weighted by atomic mass is 16.6. The number of carbonyl (C=O) groups excluding carboxylic acids is 2. The van der Waals surface area contributed by atoms with E-state index >= 15 is 0 Å². The molecule has 0 amide bonds. The van der Waals surface area contributed by atoms with Gasteiger partial charge < -0.3 is 9.47 Å². The van der Waals surface area contributed by atoms with Gasteiger partial charge in [-0.1, -0.05) is 0 Å². The Hall–Kier alpha value is -1.41. The SMILES string of the molecule is COC(CC#N)CC(=O)CC(=O)OC(C)(C)C. The molecule has 0 heterocycles. The maximum absolute atomic E-state index is 11.5. The van der Waals surface area contributed by atoms with Crippen LogP contribution in [0, 0.1) is 11.3 Å². The first-order valence-electron chi connectivity index (χ1n) is 5.41. The Kier molecular flexibility index (Phi) is 6.44. The van der Waals surface area contributed by atoms with E-state index < -0.39 is 17.7 Å². The third-order valence-corrected chi connectivity index (χ3v) is 1.87. The molecule has 0 aliphatic heterocycles. The number of esters is 1. The molecule has 0 saturated heterocycles. The van der Waals surface area contributed by atoms with Gasteiger partial charge in [-0.15, -0.1) is 0 Å². The number of ketones is 1. The lowest BCUT2D eigenvalue weighted by molar-refractivity contribution is -0.156. The third-order valence-electron chi connectivity index (χ3n) is 1.87. The van der Waals surface area contributed by atoms with E-state index in [0.29, 0.717) is 0 Å². The number of hydrogen-bond acceptors (Lipinski definition) is 5. The number of Topliss-reactive ketones (excluding diaryl/α,β-unsaturated/α-hetero) is 1. The summed E-state index contributed by atoms with van der Waals surface area (Å²) in [4.78, 5) is 22.8. The Labute approximate surface area is 102 Å². The van der Waals surface area contributed by atoms with E-state index in [1.54, 1.807) is 20.8 Å². The van der Waals surface area contributed by atoms with Crippen LogP contribution in [0.2, 0.25) is 0 Å². The molecular formula is C12H19NO4. The molecule has 5 heteroatoms. The van der Waals surface area contributed by atoms with Crippen LogP contribution in [0.3, 0.4) is 0 Å². The van der Waals surface area contributed by atoms with Crippen LogP contribution >= 0.6 is 0 Å². The summed E-state index contributed by atoms with van der Waals surface area (Å²) < 4.78 is 9.97. The van der Waals surface area contributed by atoms with E-state index in [-0.39, 0.29) is 25.0 Å². The van der Waals surface area contributed by atoms with Crippen molar-refractivity contribution in [3.63, 3.8) is 0 Å². The van der Waals surface area contributed by atoms with Crippen LogP contribution in [-0.2, 0) is 19.1 Å². The topological polar surface area (TPSA) is 76.4 Å². The van der Waals surface area contributed by atoms with Gasteiger partial charge in [0.15, 0.2) is 0 Å². The van der Waals surface area contributed by atoms with E-state index in [2.05, 4.69) is 0 Å². The lowest BCUT2D eigenvalue weighted by Gasteiger charge is -2.19. The molecule has 96 valence electrons. The predicted octanol–water partition coefficient (Wildman–Crippen LogP) is 1.61. The molecule has 0 aromatic carbocycles. The fraction of sp³-hybridized carbons (Fsp3) is 0.750. The Balaban J connectivity index is 4.10. The molecular weight excluding hydrogens is 222 g/mol. The van der Waals surface area contributed by atoms with E-state index in [1.165, 1.54) is 7.11 Å². The molecule has 0 aromatic heterocycles. The monoisotopic (exact) mass is 241 g/mol. The molecule has 0 aromatic rings. The molecule has 1 unspecified atom stereocenters. The number of carbonyl (C=O) groups is 2. The maximum atomic E-state index is 11.5. The fourth-order valence-corrected chi connectivity index (χ4v) is 1.21. The smallest absolute Gasteiger partial charge is 0.313 e. The Morgan fingerprint density at radius 3 is 2.35 bits per heavy atom. The van der Waals surface area contributed by atoms with Gasteiger partial charge in [-0.25, -0.2) is 0 Å². The first-order chi connectivity index (χ1) is 7.78. The second kappa shape index (κ2) is 7.02. The molecule has 0 rings (SSSR count). The molecule has 0 spiro atoms. The van der Waals surface area contributed by atoms with Crippen LogP contribution in [0.5, 0.6) is 0 Å². The van der Waals surface area contributed by atoms with Crippen molar-refractivity contribution in [1.82, 2.24) is 0 Å². The summed E-state index contributed by atoms with van der Waals surface area (Å²) in [5.41, 5.74) is -0.593. The molecule has 0 bridgehead atoms. The summed E-state index contributed by atoms with van der Waals surface area (Å²) >= 11 is 0. The molecule has 0 N–H and O–H groups in total. The summed E-state index contributed by atoms with van der Waals surface area (Å²) in [6.07, 6.45) is -0.530. The number of ether oxygens (including phenoxy) is 2. The van der Waals surface area contributed by atoms with Crippen LogP contribution in [0.15, 0.2) is 0 Å². The highest BCUT2D eigenvalue weighted by Crippen LogP contribution is 2.10. The summed E-state index contributed by atoms with van der Waals surface area (Å²) in [5, 5.41) is 8.48. The zero-order chi connectivity index (χ0) is 13.5.